The van der Waals surface area contributed by atoms with Gasteiger partial charge >= 0.3 is 0 Å². The Balaban J connectivity index is 2.34. The highest BCUT2D eigenvalue weighted by Crippen LogP contribution is 2.26. The van der Waals surface area contributed by atoms with Crippen LogP contribution in [-0.4, -0.2) is 26.4 Å². The van der Waals surface area contributed by atoms with Crippen molar-refractivity contribution in [3.63, 3.8) is 0 Å². The standard InChI is InChI=1S/C16H14ClNO3/c1-18(10-19)13-6-3-11(4-7-13)16(20)14-8-5-12(17)9-15(14)21-2/h3-10H,1-2H3. The van der Waals surface area contributed by atoms with Crippen LogP contribution in [0.25, 0.3) is 0 Å². The summed E-state index contributed by atoms with van der Waals surface area (Å²) in [4.78, 5) is 24.6. The van der Waals surface area contributed by atoms with Crippen molar-refractivity contribution in [3.05, 3.63) is 58.6 Å². The zero-order valence-electron chi connectivity index (χ0n) is 11.7. The van der Waals surface area contributed by atoms with E-state index in [9.17, 15) is 9.59 Å². The van der Waals surface area contributed by atoms with Crippen LogP contribution in [0.3, 0.4) is 0 Å². The van der Waals surface area contributed by atoms with E-state index in [4.69, 9.17) is 16.3 Å². The van der Waals surface area contributed by atoms with Crippen molar-refractivity contribution >= 4 is 29.5 Å². The highest BCUT2D eigenvalue weighted by molar-refractivity contribution is 6.31. The van der Waals surface area contributed by atoms with Gasteiger partial charge in [-0.2, -0.15) is 0 Å². The Bertz CT molecular complexity index is 668. The van der Waals surface area contributed by atoms with Crippen LogP contribution in [0.5, 0.6) is 5.75 Å². The fourth-order valence-electron chi connectivity index (χ4n) is 1.92. The number of amides is 1. The van der Waals surface area contributed by atoms with E-state index in [0.29, 0.717) is 34.0 Å². The number of ketones is 1. The molecular weight excluding hydrogens is 290 g/mol. The summed E-state index contributed by atoms with van der Waals surface area (Å²) >= 11 is 5.89. The third-order valence-electron chi connectivity index (χ3n) is 3.10. The number of rotatable bonds is 5. The lowest BCUT2D eigenvalue weighted by Gasteiger charge is -2.12. The molecule has 0 saturated carbocycles. The van der Waals surface area contributed by atoms with Gasteiger partial charge in [0, 0.05) is 23.3 Å². The van der Waals surface area contributed by atoms with E-state index in [1.165, 1.54) is 12.0 Å². The third-order valence-corrected chi connectivity index (χ3v) is 3.34. The van der Waals surface area contributed by atoms with Gasteiger partial charge in [0.2, 0.25) is 6.41 Å². The maximum Gasteiger partial charge on any atom is 0.213 e. The molecule has 0 radical (unpaired) electrons. The average molecular weight is 304 g/mol. The minimum Gasteiger partial charge on any atom is -0.496 e. The van der Waals surface area contributed by atoms with Crippen LogP contribution in [0.1, 0.15) is 15.9 Å². The van der Waals surface area contributed by atoms with Crippen LogP contribution >= 0.6 is 11.6 Å². The molecule has 0 saturated heterocycles. The molecule has 5 heteroatoms. The molecular formula is C16H14ClNO3. The first kappa shape index (κ1) is 15.1. The lowest BCUT2D eigenvalue weighted by molar-refractivity contribution is -0.107. The molecule has 0 aliphatic carbocycles. The molecule has 0 bridgehead atoms. The number of hydrogen-bond acceptors (Lipinski definition) is 3. The Morgan fingerprint density at radius 2 is 1.86 bits per heavy atom. The largest absolute Gasteiger partial charge is 0.496 e. The zero-order valence-corrected chi connectivity index (χ0v) is 12.4. The maximum atomic E-state index is 12.5. The predicted molar refractivity (Wildman–Crippen MR) is 82.3 cm³/mol. The van der Waals surface area contributed by atoms with Crippen molar-refractivity contribution in [3.8, 4) is 5.75 Å². The van der Waals surface area contributed by atoms with Gasteiger partial charge in [0.15, 0.2) is 5.78 Å². The Hall–Kier alpha value is -2.33. The summed E-state index contributed by atoms with van der Waals surface area (Å²) in [6, 6.07) is 11.6. The second-order valence-electron chi connectivity index (χ2n) is 4.44. The van der Waals surface area contributed by atoms with Gasteiger partial charge in [0.1, 0.15) is 5.75 Å². The van der Waals surface area contributed by atoms with Crippen LogP contribution in [0.4, 0.5) is 5.69 Å². The van der Waals surface area contributed by atoms with Gasteiger partial charge in [-0.25, -0.2) is 0 Å². The first-order chi connectivity index (χ1) is 10.1. The lowest BCUT2D eigenvalue weighted by atomic mass is 10.0. The molecule has 2 aromatic rings. The smallest absolute Gasteiger partial charge is 0.213 e. The molecule has 2 aromatic carbocycles. The van der Waals surface area contributed by atoms with E-state index >= 15 is 0 Å². The normalized spacial score (nSPS) is 10.0. The second-order valence-corrected chi connectivity index (χ2v) is 4.87. The number of carbonyl (C=O) groups excluding carboxylic acids is 2. The highest BCUT2D eigenvalue weighted by atomic mass is 35.5. The van der Waals surface area contributed by atoms with E-state index in [1.54, 1.807) is 49.5 Å². The number of halogens is 1. The minimum atomic E-state index is -0.163. The molecule has 0 aliphatic rings. The summed E-state index contributed by atoms with van der Waals surface area (Å²) in [7, 11) is 3.14. The van der Waals surface area contributed by atoms with E-state index in [2.05, 4.69) is 0 Å². The molecule has 0 aromatic heterocycles. The Kier molecular flexibility index (Phi) is 4.60. The van der Waals surface area contributed by atoms with Crippen molar-refractivity contribution in [2.75, 3.05) is 19.1 Å². The van der Waals surface area contributed by atoms with Crippen LogP contribution in [0.2, 0.25) is 5.02 Å². The van der Waals surface area contributed by atoms with E-state index in [0.717, 1.165) is 0 Å². The topological polar surface area (TPSA) is 46.6 Å². The van der Waals surface area contributed by atoms with Gasteiger partial charge in [0.05, 0.1) is 12.7 Å². The molecule has 0 fully saturated rings. The molecule has 0 atom stereocenters. The summed E-state index contributed by atoms with van der Waals surface area (Å²) in [5.74, 6) is 0.269. The summed E-state index contributed by atoms with van der Waals surface area (Å²) in [6.07, 6.45) is 0.707. The summed E-state index contributed by atoms with van der Waals surface area (Å²) < 4.78 is 5.19. The Morgan fingerprint density at radius 3 is 2.43 bits per heavy atom. The molecule has 1 amide bonds. The van der Waals surface area contributed by atoms with Crippen molar-refractivity contribution in [1.29, 1.82) is 0 Å². The van der Waals surface area contributed by atoms with Crippen LogP contribution in [0.15, 0.2) is 42.5 Å². The summed E-state index contributed by atoms with van der Waals surface area (Å²) in [6.45, 7) is 0. The molecule has 4 nitrogen and oxygen atoms in total. The van der Waals surface area contributed by atoms with Crippen LogP contribution in [-0.2, 0) is 4.79 Å². The maximum absolute atomic E-state index is 12.5. The number of methoxy groups -OCH3 is 1. The first-order valence-corrected chi connectivity index (χ1v) is 6.61. The molecule has 0 unspecified atom stereocenters. The number of hydrogen-bond donors (Lipinski definition) is 0. The van der Waals surface area contributed by atoms with Crippen molar-refractivity contribution in [2.45, 2.75) is 0 Å². The Morgan fingerprint density at radius 1 is 1.19 bits per heavy atom. The van der Waals surface area contributed by atoms with E-state index in [-0.39, 0.29) is 5.78 Å². The van der Waals surface area contributed by atoms with Gasteiger partial charge in [-0.05, 0) is 42.5 Å². The molecule has 0 heterocycles. The third kappa shape index (κ3) is 3.23. The van der Waals surface area contributed by atoms with E-state index < -0.39 is 0 Å². The van der Waals surface area contributed by atoms with Gasteiger partial charge in [-0.3, -0.25) is 9.59 Å². The number of anilines is 1. The van der Waals surface area contributed by atoms with Crippen molar-refractivity contribution < 1.29 is 14.3 Å². The molecule has 108 valence electrons. The minimum absolute atomic E-state index is 0.163. The average Bonchev–Trinajstić information content (AvgIpc) is 2.53. The monoisotopic (exact) mass is 303 g/mol. The number of nitrogens with zero attached hydrogens (tertiary/aromatic N) is 1. The number of carbonyl (C=O) groups is 2. The van der Waals surface area contributed by atoms with Crippen molar-refractivity contribution in [1.82, 2.24) is 0 Å². The van der Waals surface area contributed by atoms with Gasteiger partial charge in [-0.15, -0.1) is 0 Å². The van der Waals surface area contributed by atoms with Crippen LogP contribution < -0.4 is 9.64 Å². The van der Waals surface area contributed by atoms with E-state index in [1.807, 2.05) is 0 Å². The number of ether oxygens (including phenoxy) is 1. The Labute approximate surface area is 127 Å². The highest BCUT2D eigenvalue weighted by Gasteiger charge is 2.15. The fourth-order valence-corrected chi connectivity index (χ4v) is 2.08. The second kappa shape index (κ2) is 6.41. The first-order valence-electron chi connectivity index (χ1n) is 6.23. The molecule has 21 heavy (non-hydrogen) atoms. The lowest BCUT2D eigenvalue weighted by Crippen LogP contribution is -2.13. The van der Waals surface area contributed by atoms with Crippen molar-refractivity contribution in [2.24, 2.45) is 0 Å². The molecule has 0 spiro atoms. The van der Waals surface area contributed by atoms with Gasteiger partial charge < -0.3 is 9.64 Å². The van der Waals surface area contributed by atoms with Gasteiger partial charge in [-0.1, -0.05) is 11.6 Å². The fraction of sp³-hybridized carbons (Fsp3) is 0.125. The summed E-state index contributed by atoms with van der Waals surface area (Å²) in [5, 5.41) is 0.506. The zero-order chi connectivity index (χ0) is 15.4. The molecule has 0 N–H and O–H groups in total. The van der Waals surface area contributed by atoms with Crippen LogP contribution in [0, 0.1) is 0 Å². The number of benzene rings is 2. The quantitative estimate of drug-likeness (QED) is 0.629. The predicted octanol–water partition coefficient (Wildman–Crippen LogP) is 3.17. The SMILES string of the molecule is COc1cc(Cl)ccc1C(=O)c1ccc(N(C)C=O)cc1. The molecule has 2 rings (SSSR count). The van der Waals surface area contributed by atoms with Gasteiger partial charge in [0.25, 0.3) is 0 Å². The summed E-state index contributed by atoms with van der Waals surface area (Å²) in [5.41, 5.74) is 1.67. The molecule has 0 aliphatic heterocycles.